The van der Waals surface area contributed by atoms with Gasteiger partial charge in [-0.2, -0.15) is 26.3 Å². The van der Waals surface area contributed by atoms with Crippen LogP contribution < -0.4 is 0 Å². The van der Waals surface area contributed by atoms with Crippen molar-refractivity contribution in [3.63, 3.8) is 0 Å². The number of fused-ring (bicyclic) bond motifs is 1. The topological polar surface area (TPSA) is 43.9 Å². The molecule has 5 rings (SSSR count). The van der Waals surface area contributed by atoms with Crippen molar-refractivity contribution in [2.45, 2.75) is 57.5 Å². The van der Waals surface area contributed by atoms with Crippen LogP contribution in [0.4, 0.5) is 31.1 Å². The zero-order chi connectivity index (χ0) is 30.6. The van der Waals surface area contributed by atoms with E-state index in [1.54, 1.807) is 11.0 Å². The Hall–Kier alpha value is -3.50. The maximum absolute atomic E-state index is 14.1. The van der Waals surface area contributed by atoms with E-state index in [9.17, 15) is 35.9 Å². The number of hydrogen-bond donors (Lipinski definition) is 0. The van der Waals surface area contributed by atoms with Crippen LogP contribution >= 0.6 is 0 Å². The molecule has 42 heavy (non-hydrogen) atoms. The van der Waals surface area contributed by atoms with Crippen molar-refractivity contribution in [2.75, 3.05) is 26.7 Å². The fourth-order valence-electron chi connectivity index (χ4n) is 6.64. The van der Waals surface area contributed by atoms with Crippen molar-refractivity contribution in [3.8, 4) is 0 Å². The molecule has 0 spiro atoms. The molecule has 0 unspecified atom stereocenters. The molecular weight excluding hydrogens is 560 g/mol. The predicted octanol–water partition coefficient (Wildman–Crippen LogP) is 7.39. The maximum atomic E-state index is 14.1. The van der Waals surface area contributed by atoms with Gasteiger partial charge in [0, 0.05) is 50.8 Å². The number of urea groups is 1. The average molecular weight is 594 g/mol. The predicted molar refractivity (Wildman–Crippen MR) is 144 cm³/mol. The summed E-state index contributed by atoms with van der Waals surface area (Å²) in [6, 6.07) is 7.31. The Balaban J connectivity index is 1.47. The summed E-state index contributed by atoms with van der Waals surface area (Å²) in [5.74, 6) is 0.399. The van der Waals surface area contributed by atoms with Crippen LogP contribution in [0.2, 0.25) is 0 Å². The summed E-state index contributed by atoms with van der Waals surface area (Å²) < 4.78 is 81.2. The number of carbonyl (C=O) groups excluding carboxylic acids is 2. The molecule has 226 valence electrons. The molecule has 0 saturated carbocycles. The van der Waals surface area contributed by atoms with Crippen molar-refractivity contribution >= 4 is 11.8 Å². The molecule has 2 fully saturated rings. The molecule has 3 aliphatic rings. The van der Waals surface area contributed by atoms with Gasteiger partial charge in [-0.1, -0.05) is 24.3 Å². The highest BCUT2D eigenvalue weighted by atomic mass is 19.4. The molecule has 2 aromatic carbocycles. The third-order valence-electron chi connectivity index (χ3n) is 9.06. The first kappa shape index (κ1) is 30.0. The molecule has 2 aliphatic heterocycles. The second kappa shape index (κ2) is 11.0. The van der Waals surface area contributed by atoms with Crippen LogP contribution in [0.5, 0.6) is 0 Å². The van der Waals surface area contributed by atoms with Gasteiger partial charge in [-0.25, -0.2) is 4.79 Å². The van der Waals surface area contributed by atoms with E-state index in [4.69, 9.17) is 0 Å². The lowest BCUT2D eigenvalue weighted by Crippen LogP contribution is -2.51. The van der Waals surface area contributed by atoms with Crippen molar-refractivity contribution in [1.29, 1.82) is 0 Å². The van der Waals surface area contributed by atoms with Gasteiger partial charge in [0.15, 0.2) is 5.78 Å². The molecule has 11 heteroatoms. The van der Waals surface area contributed by atoms with Crippen molar-refractivity contribution in [1.82, 2.24) is 14.7 Å². The lowest BCUT2D eigenvalue weighted by Gasteiger charge is -2.45. The second-order valence-corrected chi connectivity index (χ2v) is 11.6. The molecule has 2 aromatic rings. The number of likely N-dealkylation sites (tertiary alicyclic amines) is 2. The first-order valence-electron chi connectivity index (χ1n) is 14.0. The van der Waals surface area contributed by atoms with Crippen LogP contribution in [-0.2, 0) is 17.1 Å². The summed E-state index contributed by atoms with van der Waals surface area (Å²) in [5, 5.41) is 0. The summed E-state index contributed by atoms with van der Waals surface area (Å²) in [4.78, 5) is 31.2. The van der Waals surface area contributed by atoms with E-state index in [0.717, 1.165) is 23.4 Å². The Morgan fingerprint density at radius 3 is 2.19 bits per heavy atom. The molecule has 2 amide bonds. The van der Waals surface area contributed by atoms with E-state index in [0.29, 0.717) is 44.5 Å². The highest BCUT2D eigenvalue weighted by Crippen LogP contribution is 2.47. The third-order valence-corrected chi connectivity index (χ3v) is 9.06. The summed E-state index contributed by atoms with van der Waals surface area (Å²) in [6.07, 6.45) is -6.40. The van der Waals surface area contributed by atoms with Gasteiger partial charge in [-0.15, -0.1) is 0 Å². The number of halogens is 6. The summed E-state index contributed by atoms with van der Waals surface area (Å²) in [7, 11) is 1.41. The number of ketones is 1. The van der Waals surface area contributed by atoms with Crippen LogP contribution in [0.25, 0.3) is 0 Å². The van der Waals surface area contributed by atoms with E-state index >= 15 is 0 Å². The molecule has 0 radical (unpaired) electrons. The lowest BCUT2D eigenvalue weighted by atomic mass is 9.78. The SMILES string of the molecule is Cc1ccccc1[C@H]1[C@@H]2CN(C3=CC(=O)CC3)C[C@H]2CCN1C(=O)N(C)[C@H](C)c1cc(C(F)(F)F)cc(C(F)(F)F)c1. The minimum absolute atomic E-state index is 0.0366. The molecule has 2 saturated heterocycles. The van der Waals surface area contributed by atoms with Gasteiger partial charge < -0.3 is 14.7 Å². The first-order valence-corrected chi connectivity index (χ1v) is 14.0. The van der Waals surface area contributed by atoms with Gasteiger partial charge in [0.1, 0.15) is 0 Å². The number of rotatable bonds is 4. The monoisotopic (exact) mass is 593 g/mol. The van der Waals surface area contributed by atoms with E-state index in [1.165, 1.54) is 18.9 Å². The molecule has 4 atom stereocenters. The van der Waals surface area contributed by atoms with E-state index in [1.807, 2.05) is 31.2 Å². The van der Waals surface area contributed by atoms with Crippen molar-refractivity contribution in [2.24, 2.45) is 11.8 Å². The highest BCUT2D eigenvalue weighted by Gasteiger charge is 2.48. The first-order chi connectivity index (χ1) is 19.6. The Labute approximate surface area is 240 Å². The minimum Gasteiger partial charge on any atom is -0.374 e. The van der Waals surface area contributed by atoms with Crippen LogP contribution in [0.15, 0.2) is 54.2 Å². The molecule has 2 heterocycles. The number of alkyl halides is 6. The third kappa shape index (κ3) is 5.74. The number of carbonyl (C=O) groups is 2. The fourth-order valence-corrected chi connectivity index (χ4v) is 6.64. The molecule has 1 aliphatic carbocycles. The highest BCUT2D eigenvalue weighted by molar-refractivity contribution is 5.92. The fraction of sp³-hybridized carbons (Fsp3) is 0.484. The van der Waals surface area contributed by atoms with Crippen LogP contribution in [0, 0.1) is 18.8 Å². The van der Waals surface area contributed by atoms with E-state index in [-0.39, 0.29) is 35.3 Å². The standard InChI is InChI=1S/C31H33F6N3O2/c1-18-6-4-5-7-26(18)28-27-17-39(24-8-9-25(41)15-24)16-20(27)10-11-40(28)29(42)38(3)19(2)21-12-22(30(32,33)34)14-23(13-21)31(35,36)37/h4-7,12-15,19-20,27-28H,8-11,16-17H2,1-3H3/t19-,20-,27-,28+/m1/s1. The summed E-state index contributed by atoms with van der Waals surface area (Å²) in [6.45, 7) is 5.20. The van der Waals surface area contributed by atoms with Gasteiger partial charge in [0.25, 0.3) is 0 Å². The number of amides is 2. The normalized spacial score (nSPS) is 23.6. The van der Waals surface area contributed by atoms with Crippen LogP contribution in [-0.4, -0.2) is 53.2 Å². The average Bonchev–Trinajstić information content (AvgIpc) is 3.56. The number of hydrogen-bond acceptors (Lipinski definition) is 3. The van der Waals surface area contributed by atoms with Crippen molar-refractivity contribution < 1.29 is 35.9 Å². The quantitative estimate of drug-likeness (QED) is 0.348. The Morgan fingerprint density at radius 2 is 1.62 bits per heavy atom. The Kier molecular flexibility index (Phi) is 7.83. The van der Waals surface area contributed by atoms with Gasteiger partial charge in [-0.3, -0.25) is 4.79 Å². The van der Waals surface area contributed by atoms with Gasteiger partial charge in [-0.05, 0) is 67.5 Å². The lowest BCUT2D eigenvalue weighted by molar-refractivity contribution is -0.143. The summed E-state index contributed by atoms with van der Waals surface area (Å²) in [5.41, 5.74) is -0.128. The Morgan fingerprint density at radius 1 is 0.976 bits per heavy atom. The molecule has 0 N–H and O–H groups in total. The van der Waals surface area contributed by atoms with Gasteiger partial charge in [0.05, 0.1) is 23.2 Å². The molecule has 0 aromatic heterocycles. The van der Waals surface area contributed by atoms with Crippen molar-refractivity contribution in [3.05, 3.63) is 82.1 Å². The van der Waals surface area contributed by atoms with E-state index in [2.05, 4.69) is 4.90 Å². The summed E-state index contributed by atoms with van der Waals surface area (Å²) >= 11 is 0. The number of piperidine rings is 1. The molecule has 0 bridgehead atoms. The largest absolute Gasteiger partial charge is 0.416 e. The number of nitrogens with zero attached hydrogens (tertiary/aromatic N) is 3. The van der Waals surface area contributed by atoms with Gasteiger partial charge in [0.2, 0.25) is 0 Å². The van der Waals surface area contributed by atoms with Crippen LogP contribution in [0.3, 0.4) is 0 Å². The van der Waals surface area contributed by atoms with Crippen LogP contribution in [0.1, 0.15) is 66.1 Å². The molecular formula is C31H33F6N3O2. The zero-order valence-electron chi connectivity index (χ0n) is 23.6. The minimum atomic E-state index is -4.98. The maximum Gasteiger partial charge on any atom is 0.416 e. The number of aryl methyl sites for hydroxylation is 1. The Bertz CT molecular complexity index is 1370. The van der Waals surface area contributed by atoms with Gasteiger partial charge >= 0.3 is 18.4 Å². The smallest absolute Gasteiger partial charge is 0.374 e. The second-order valence-electron chi connectivity index (χ2n) is 11.6. The molecule has 5 nitrogen and oxygen atoms in total. The zero-order valence-corrected chi connectivity index (χ0v) is 23.6. The number of allylic oxidation sites excluding steroid dienone is 2. The van der Waals surface area contributed by atoms with E-state index < -0.39 is 35.6 Å². The number of benzene rings is 2.